The Morgan fingerprint density at radius 3 is 1.74 bits per heavy atom. The van der Waals surface area contributed by atoms with Crippen molar-refractivity contribution in [1.29, 1.82) is 0 Å². The zero-order valence-electron chi connectivity index (χ0n) is 15.3. The standard InChI is InChI=1S/C26H21N/c1-27-21-16-17-25-23(18-21)22-14-8-9-15-24(22)26(25,19-10-4-2-5-11-19)20-12-6-3-7-13-20/h2-18,27H,1H3. The minimum absolute atomic E-state index is 0.291. The molecule has 0 aromatic heterocycles. The number of nitrogens with one attached hydrogen (secondary N) is 1. The molecule has 0 unspecified atom stereocenters. The van der Waals surface area contributed by atoms with Crippen LogP contribution in [0, 0.1) is 0 Å². The van der Waals surface area contributed by atoms with Gasteiger partial charge in [0.1, 0.15) is 0 Å². The molecule has 1 N–H and O–H groups in total. The van der Waals surface area contributed by atoms with Gasteiger partial charge < -0.3 is 5.32 Å². The summed E-state index contributed by atoms with van der Waals surface area (Å²) in [5.41, 5.74) is 8.79. The minimum atomic E-state index is -0.291. The van der Waals surface area contributed by atoms with Crippen LogP contribution in [-0.4, -0.2) is 7.05 Å². The van der Waals surface area contributed by atoms with E-state index in [-0.39, 0.29) is 5.41 Å². The summed E-state index contributed by atoms with van der Waals surface area (Å²) >= 11 is 0. The van der Waals surface area contributed by atoms with Crippen LogP contribution in [0.25, 0.3) is 11.1 Å². The van der Waals surface area contributed by atoms with Gasteiger partial charge in [0.25, 0.3) is 0 Å². The second-order valence-electron chi connectivity index (χ2n) is 7.04. The van der Waals surface area contributed by atoms with Crippen LogP contribution in [0.15, 0.2) is 103 Å². The summed E-state index contributed by atoms with van der Waals surface area (Å²) in [6.07, 6.45) is 0. The van der Waals surface area contributed by atoms with Crippen molar-refractivity contribution in [2.75, 3.05) is 12.4 Å². The fourth-order valence-electron chi connectivity index (χ4n) is 4.60. The lowest BCUT2D eigenvalue weighted by Gasteiger charge is -2.33. The van der Waals surface area contributed by atoms with Crippen LogP contribution in [0.2, 0.25) is 0 Å². The maximum Gasteiger partial charge on any atom is 0.0713 e. The third-order valence-electron chi connectivity index (χ3n) is 5.75. The van der Waals surface area contributed by atoms with Crippen LogP contribution in [-0.2, 0) is 5.41 Å². The van der Waals surface area contributed by atoms with E-state index in [1.807, 2.05) is 7.05 Å². The van der Waals surface area contributed by atoms with E-state index < -0.39 is 0 Å². The highest BCUT2D eigenvalue weighted by atomic mass is 14.8. The molecule has 1 aliphatic rings. The second-order valence-corrected chi connectivity index (χ2v) is 7.04. The molecule has 0 spiro atoms. The minimum Gasteiger partial charge on any atom is -0.388 e. The van der Waals surface area contributed by atoms with Gasteiger partial charge >= 0.3 is 0 Å². The van der Waals surface area contributed by atoms with Crippen molar-refractivity contribution in [2.45, 2.75) is 5.41 Å². The topological polar surface area (TPSA) is 12.0 Å². The molecule has 1 aliphatic carbocycles. The molecule has 0 fully saturated rings. The van der Waals surface area contributed by atoms with Crippen molar-refractivity contribution in [3.8, 4) is 11.1 Å². The van der Waals surface area contributed by atoms with E-state index >= 15 is 0 Å². The molecule has 130 valence electrons. The molecule has 0 bridgehead atoms. The molecule has 4 aromatic rings. The lowest BCUT2D eigenvalue weighted by Crippen LogP contribution is -2.28. The lowest BCUT2D eigenvalue weighted by atomic mass is 9.68. The summed E-state index contributed by atoms with van der Waals surface area (Å²) in [4.78, 5) is 0. The van der Waals surface area contributed by atoms with E-state index in [9.17, 15) is 0 Å². The predicted molar refractivity (Wildman–Crippen MR) is 113 cm³/mol. The van der Waals surface area contributed by atoms with Crippen molar-refractivity contribution >= 4 is 5.69 Å². The van der Waals surface area contributed by atoms with Crippen molar-refractivity contribution in [3.05, 3.63) is 125 Å². The van der Waals surface area contributed by atoms with Gasteiger partial charge in [0.05, 0.1) is 5.41 Å². The second kappa shape index (κ2) is 6.14. The highest BCUT2D eigenvalue weighted by molar-refractivity contribution is 5.87. The van der Waals surface area contributed by atoms with Crippen molar-refractivity contribution in [1.82, 2.24) is 0 Å². The SMILES string of the molecule is CNc1ccc2c(c1)-c1ccccc1C2(c1ccccc1)c1ccccc1. The molecule has 0 amide bonds. The van der Waals surface area contributed by atoms with Crippen molar-refractivity contribution in [3.63, 3.8) is 0 Å². The summed E-state index contributed by atoms with van der Waals surface area (Å²) in [7, 11) is 1.98. The predicted octanol–water partition coefficient (Wildman–Crippen LogP) is 6.09. The Labute approximate surface area is 160 Å². The van der Waals surface area contributed by atoms with Crippen LogP contribution in [0.5, 0.6) is 0 Å². The number of hydrogen-bond donors (Lipinski definition) is 1. The molecule has 0 aliphatic heterocycles. The highest BCUT2D eigenvalue weighted by Gasteiger charge is 2.45. The Morgan fingerprint density at radius 1 is 0.556 bits per heavy atom. The maximum atomic E-state index is 3.29. The van der Waals surface area contributed by atoms with Gasteiger partial charge in [0, 0.05) is 12.7 Å². The number of rotatable bonds is 3. The van der Waals surface area contributed by atoms with Crippen LogP contribution >= 0.6 is 0 Å². The summed E-state index contributed by atoms with van der Waals surface area (Å²) in [6, 6.07) is 37.4. The third-order valence-corrected chi connectivity index (χ3v) is 5.75. The van der Waals surface area contributed by atoms with Gasteiger partial charge in [-0.3, -0.25) is 0 Å². The number of hydrogen-bond acceptors (Lipinski definition) is 1. The van der Waals surface area contributed by atoms with Gasteiger partial charge in [-0.1, -0.05) is 91.0 Å². The van der Waals surface area contributed by atoms with Crippen molar-refractivity contribution in [2.24, 2.45) is 0 Å². The molecule has 1 heteroatoms. The van der Waals surface area contributed by atoms with Gasteiger partial charge in [-0.05, 0) is 45.5 Å². The molecular weight excluding hydrogens is 326 g/mol. The Kier molecular flexibility index (Phi) is 3.61. The van der Waals surface area contributed by atoms with Gasteiger partial charge in [0.2, 0.25) is 0 Å². The third kappa shape index (κ3) is 2.18. The quantitative estimate of drug-likeness (QED) is 0.416. The Hall–Kier alpha value is -3.32. The Bertz CT molecular complexity index is 1060. The van der Waals surface area contributed by atoms with E-state index in [0.717, 1.165) is 5.69 Å². The largest absolute Gasteiger partial charge is 0.388 e. The van der Waals surface area contributed by atoms with Crippen molar-refractivity contribution < 1.29 is 0 Å². The van der Waals surface area contributed by atoms with Crippen LogP contribution in [0.1, 0.15) is 22.3 Å². The highest BCUT2D eigenvalue weighted by Crippen LogP contribution is 2.56. The Morgan fingerprint density at radius 2 is 1.11 bits per heavy atom. The number of benzene rings is 4. The number of fused-ring (bicyclic) bond motifs is 3. The average molecular weight is 347 g/mol. The summed E-state index contributed by atoms with van der Waals surface area (Å²) in [5.74, 6) is 0. The molecule has 1 nitrogen and oxygen atoms in total. The Balaban J connectivity index is 1.95. The van der Waals surface area contributed by atoms with E-state index in [1.54, 1.807) is 0 Å². The van der Waals surface area contributed by atoms with Crippen LogP contribution < -0.4 is 5.32 Å². The molecule has 0 atom stereocenters. The fourth-order valence-corrected chi connectivity index (χ4v) is 4.60. The van der Waals surface area contributed by atoms with Gasteiger partial charge in [-0.25, -0.2) is 0 Å². The molecule has 0 radical (unpaired) electrons. The monoisotopic (exact) mass is 347 g/mol. The van der Waals surface area contributed by atoms with Crippen LogP contribution in [0.3, 0.4) is 0 Å². The lowest BCUT2D eigenvalue weighted by molar-refractivity contribution is 0.768. The van der Waals surface area contributed by atoms with E-state index in [2.05, 4.69) is 108 Å². The zero-order chi connectivity index (χ0) is 18.3. The average Bonchev–Trinajstić information content (AvgIpc) is 3.05. The zero-order valence-corrected chi connectivity index (χ0v) is 15.3. The van der Waals surface area contributed by atoms with Gasteiger partial charge in [0.15, 0.2) is 0 Å². The van der Waals surface area contributed by atoms with E-state index in [0.29, 0.717) is 0 Å². The van der Waals surface area contributed by atoms with E-state index in [1.165, 1.54) is 33.4 Å². The summed E-state index contributed by atoms with van der Waals surface area (Å²) < 4.78 is 0. The first-order valence-electron chi connectivity index (χ1n) is 9.39. The molecule has 4 aromatic carbocycles. The molecule has 0 saturated heterocycles. The molecule has 5 rings (SSSR count). The first kappa shape index (κ1) is 15.9. The molecule has 27 heavy (non-hydrogen) atoms. The van der Waals surface area contributed by atoms with Gasteiger partial charge in [-0.15, -0.1) is 0 Å². The molecule has 0 heterocycles. The van der Waals surface area contributed by atoms with Crippen LogP contribution in [0.4, 0.5) is 5.69 Å². The smallest absolute Gasteiger partial charge is 0.0713 e. The molecular formula is C26H21N. The summed E-state index contributed by atoms with van der Waals surface area (Å²) in [5, 5.41) is 3.29. The molecule has 0 saturated carbocycles. The van der Waals surface area contributed by atoms with E-state index in [4.69, 9.17) is 0 Å². The maximum absolute atomic E-state index is 3.29. The van der Waals surface area contributed by atoms with Gasteiger partial charge in [-0.2, -0.15) is 0 Å². The fraction of sp³-hybridized carbons (Fsp3) is 0.0769. The first-order chi connectivity index (χ1) is 13.4. The number of anilines is 1. The normalized spacial score (nSPS) is 13.7. The summed E-state index contributed by atoms with van der Waals surface area (Å²) in [6.45, 7) is 0. The first-order valence-corrected chi connectivity index (χ1v) is 9.39.